The van der Waals surface area contributed by atoms with Crippen molar-refractivity contribution < 1.29 is 0 Å². The maximum absolute atomic E-state index is 2.39. The molecule has 0 aliphatic carbocycles. The number of hydrogen-bond acceptors (Lipinski definition) is 0. The molecule has 0 saturated carbocycles. The largest absolute Gasteiger partial charge is 0.309 e. The Labute approximate surface area is 336 Å². The summed E-state index contributed by atoms with van der Waals surface area (Å²) in [6.45, 7) is 0. The van der Waals surface area contributed by atoms with Crippen molar-refractivity contribution in [3.05, 3.63) is 218 Å². The van der Waals surface area contributed by atoms with Gasteiger partial charge in [-0.1, -0.05) is 158 Å². The molecule has 270 valence electrons. The average molecular weight is 737 g/mol. The van der Waals surface area contributed by atoms with Crippen molar-refractivity contribution in [1.82, 2.24) is 9.13 Å². The van der Waals surface area contributed by atoms with E-state index in [0.717, 1.165) is 11.4 Å². The molecule has 58 heavy (non-hydrogen) atoms. The molecule has 0 saturated heterocycles. The molecule has 0 N–H and O–H groups in total. The third-order valence-electron chi connectivity index (χ3n) is 12.1. The molecule has 12 aromatic rings. The van der Waals surface area contributed by atoms with Gasteiger partial charge in [-0.2, -0.15) is 0 Å². The zero-order valence-electron chi connectivity index (χ0n) is 31.7. The van der Waals surface area contributed by atoms with E-state index in [1.165, 1.54) is 98.5 Å². The van der Waals surface area contributed by atoms with Crippen molar-refractivity contribution in [2.75, 3.05) is 0 Å². The molecule has 12 rings (SSSR count). The molecule has 2 heteroatoms. The summed E-state index contributed by atoms with van der Waals surface area (Å²) in [6.07, 6.45) is 0. The predicted octanol–water partition coefficient (Wildman–Crippen LogP) is 15.2. The smallest absolute Gasteiger partial charge is 0.0541 e. The Kier molecular flexibility index (Phi) is 7.26. The van der Waals surface area contributed by atoms with E-state index in [-0.39, 0.29) is 0 Å². The molecule has 0 spiro atoms. The van der Waals surface area contributed by atoms with Crippen molar-refractivity contribution in [1.29, 1.82) is 0 Å². The van der Waals surface area contributed by atoms with Crippen LogP contribution in [0.4, 0.5) is 0 Å². The van der Waals surface area contributed by atoms with E-state index in [0.29, 0.717) is 0 Å². The molecule has 2 aromatic heterocycles. The summed E-state index contributed by atoms with van der Waals surface area (Å²) in [5, 5.41) is 10.2. The van der Waals surface area contributed by atoms with Crippen LogP contribution in [0.3, 0.4) is 0 Å². The van der Waals surface area contributed by atoms with E-state index >= 15 is 0 Å². The van der Waals surface area contributed by atoms with Gasteiger partial charge in [0.2, 0.25) is 0 Å². The first-order chi connectivity index (χ1) is 28.8. The molecule has 2 heterocycles. The van der Waals surface area contributed by atoms with Gasteiger partial charge in [0.05, 0.1) is 22.1 Å². The minimum Gasteiger partial charge on any atom is -0.309 e. The molecule has 0 amide bonds. The molecular formula is C56H36N2. The Morgan fingerprint density at radius 2 is 0.638 bits per heavy atom. The second kappa shape index (κ2) is 12.9. The van der Waals surface area contributed by atoms with Crippen LogP contribution in [0, 0.1) is 0 Å². The van der Waals surface area contributed by atoms with E-state index in [1.807, 2.05) is 0 Å². The van der Waals surface area contributed by atoms with Crippen LogP contribution in [-0.2, 0) is 0 Å². The van der Waals surface area contributed by atoms with Crippen LogP contribution < -0.4 is 0 Å². The highest BCUT2D eigenvalue weighted by atomic mass is 15.0. The van der Waals surface area contributed by atoms with Gasteiger partial charge in [0.25, 0.3) is 0 Å². The molecule has 10 aromatic carbocycles. The maximum atomic E-state index is 2.39. The lowest BCUT2D eigenvalue weighted by Crippen LogP contribution is -1.95. The van der Waals surface area contributed by atoms with E-state index in [2.05, 4.69) is 228 Å². The predicted molar refractivity (Wildman–Crippen MR) is 246 cm³/mol. The first-order valence-electron chi connectivity index (χ1n) is 20.0. The Bertz CT molecular complexity index is 3440. The van der Waals surface area contributed by atoms with Gasteiger partial charge in [0, 0.05) is 32.9 Å². The zero-order valence-corrected chi connectivity index (χ0v) is 31.7. The lowest BCUT2D eigenvalue weighted by atomic mass is 9.89. The maximum Gasteiger partial charge on any atom is 0.0541 e. The number of hydrogen-bond donors (Lipinski definition) is 0. The van der Waals surface area contributed by atoms with Crippen molar-refractivity contribution in [3.8, 4) is 44.8 Å². The molecule has 2 nitrogen and oxygen atoms in total. The second-order valence-corrected chi connectivity index (χ2v) is 15.3. The van der Waals surface area contributed by atoms with Crippen LogP contribution >= 0.6 is 0 Å². The quantitative estimate of drug-likeness (QED) is 0.156. The Hall–Kier alpha value is -7.68. The number of fused-ring (bicyclic) bond motifs is 9. The van der Waals surface area contributed by atoms with Crippen LogP contribution in [0.2, 0.25) is 0 Å². The number of para-hydroxylation sites is 4. The summed E-state index contributed by atoms with van der Waals surface area (Å²) >= 11 is 0. The van der Waals surface area contributed by atoms with Gasteiger partial charge in [-0.05, 0) is 116 Å². The summed E-state index contributed by atoms with van der Waals surface area (Å²) in [5.41, 5.74) is 14.4. The zero-order chi connectivity index (χ0) is 38.2. The van der Waals surface area contributed by atoms with Gasteiger partial charge >= 0.3 is 0 Å². The van der Waals surface area contributed by atoms with Crippen LogP contribution in [0.5, 0.6) is 0 Å². The normalized spacial score (nSPS) is 11.8. The number of rotatable bonds is 5. The fourth-order valence-corrected chi connectivity index (χ4v) is 9.39. The summed E-state index contributed by atoms with van der Waals surface area (Å²) < 4.78 is 4.77. The van der Waals surface area contributed by atoms with E-state index in [9.17, 15) is 0 Å². The molecule has 0 bridgehead atoms. The summed E-state index contributed by atoms with van der Waals surface area (Å²) in [4.78, 5) is 0. The van der Waals surface area contributed by atoms with Crippen LogP contribution in [0.1, 0.15) is 0 Å². The van der Waals surface area contributed by atoms with Gasteiger partial charge in [-0.3, -0.25) is 0 Å². The Balaban J connectivity index is 0.996. The number of benzene rings is 10. The Morgan fingerprint density at radius 1 is 0.224 bits per heavy atom. The minimum atomic E-state index is 1.15. The standard InChI is InChI=1S/C56H36N2/c1-2-12-45-38(11-1)21-22-41-35-42(28-34-46(41)45)47-33-27-40(37-23-29-43(30-24-37)57-53-17-7-3-13-48(53)49-14-4-8-18-54(49)57)36-52(47)39-25-31-44(32-26-39)58-55-19-9-5-15-50(55)51-16-6-10-20-56(51)58/h1-36H. The molecular weight excluding hydrogens is 701 g/mol. The van der Waals surface area contributed by atoms with Crippen molar-refractivity contribution >= 4 is 65.2 Å². The molecule has 0 aliphatic rings. The topological polar surface area (TPSA) is 9.86 Å². The molecule has 0 radical (unpaired) electrons. The van der Waals surface area contributed by atoms with E-state index in [1.54, 1.807) is 0 Å². The highest BCUT2D eigenvalue weighted by Crippen LogP contribution is 2.40. The minimum absolute atomic E-state index is 1.15. The lowest BCUT2D eigenvalue weighted by molar-refractivity contribution is 1.18. The van der Waals surface area contributed by atoms with Gasteiger partial charge in [-0.25, -0.2) is 0 Å². The van der Waals surface area contributed by atoms with Gasteiger partial charge < -0.3 is 9.13 Å². The summed E-state index contributed by atoms with van der Waals surface area (Å²) in [7, 11) is 0. The van der Waals surface area contributed by atoms with Gasteiger partial charge in [0.15, 0.2) is 0 Å². The summed E-state index contributed by atoms with van der Waals surface area (Å²) in [6, 6.07) is 80.1. The number of aromatic nitrogens is 2. The van der Waals surface area contributed by atoms with E-state index in [4.69, 9.17) is 0 Å². The van der Waals surface area contributed by atoms with Gasteiger partial charge in [0.1, 0.15) is 0 Å². The third kappa shape index (κ3) is 5.05. The van der Waals surface area contributed by atoms with E-state index < -0.39 is 0 Å². The van der Waals surface area contributed by atoms with Crippen molar-refractivity contribution in [3.63, 3.8) is 0 Å². The summed E-state index contributed by atoms with van der Waals surface area (Å²) in [5.74, 6) is 0. The molecule has 0 unspecified atom stereocenters. The van der Waals surface area contributed by atoms with Crippen LogP contribution in [-0.4, -0.2) is 9.13 Å². The highest BCUT2D eigenvalue weighted by Gasteiger charge is 2.16. The second-order valence-electron chi connectivity index (χ2n) is 15.3. The fourth-order valence-electron chi connectivity index (χ4n) is 9.39. The first kappa shape index (κ1) is 32.6. The lowest BCUT2D eigenvalue weighted by Gasteiger charge is -2.16. The average Bonchev–Trinajstić information content (AvgIpc) is 3.82. The third-order valence-corrected chi connectivity index (χ3v) is 12.1. The monoisotopic (exact) mass is 736 g/mol. The SMILES string of the molecule is c1ccc2c(c1)ccc1cc(-c3ccc(-c4ccc(-n5c6ccccc6c6ccccc65)cc4)cc3-c3ccc(-n4c5ccccc5c5ccccc54)cc3)ccc12. The fraction of sp³-hybridized carbons (Fsp3) is 0. The van der Waals surface area contributed by atoms with Crippen molar-refractivity contribution in [2.24, 2.45) is 0 Å². The molecule has 0 fully saturated rings. The van der Waals surface area contributed by atoms with Crippen LogP contribution in [0.15, 0.2) is 218 Å². The Morgan fingerprint density at radius 3 is 1.19 bits per heavy atom. The number of nitrogens with zero attached hydrogens (tertiary/aromatic N) is 2. The highest BCUT2D eigenvalue weighted by molar-refractivity contribution is 6.11. The van der Waals surface area contributed by atoms with Crippen LogP contribution in [0.25, 0.3) is 110 Å². The first-order valence-corrected chi connectivity index (χ1v) is 20.0. The molecule has 0 aliphatic heterocycles. The molecule has 0 atom stereocenters. The van der Waals surface area contributed by atoms with Crippen molar-refractivity contribution in [2.45, 2.75) is 0 Å². The van der Waals surface area contributed by atoms with Gasteiger partial charge in [-0.15, -0.1) is 0 Å².